The number of para-hydroxylation sites is 1. The first-order valence-electron chi connectivity index (χ1n) is 7.74. The van der Waals surface area contributed by atoms with Gasteiger partial charge in [-0.15, -0.1) is 0 Å². The number of halogens is 2. The topological polar surface area (TPSA) is 67.4 Å². The maximum absolute atomic E-state index is 13.2. The van der Waals surface area contributed by atoms with Crippen LogP contribution >= 0.6 is 15.9 Å². The first-order valence-corrected chi connectivity index (χ1v) is 8.53. The average Bonchev–Trinajstić information content (AvgIpc) is 2.61. The molecule has 5 nitrogen and oxygen atoms in total. The van der Waals surface area contributed by atoms with Gasteiger partial charge in [0.25, 0.3) is 5.91 Å². The third-order valence-electron chi connectivity index (χ3n) is 3.25. The van der Waals surface area contributed by atoms with Gasteiger partial charge >= 0.3 is 0 Å². The van der Waals surface area contributed by atoms with Crippen molar-refractivity contribution in [3.05, 3.63) is 64.4 Å². The Morgan fingerprint density at radius 2 is 1.80 bits per heavy atom. The fraction of sp³-hybridized carbons (Fsp3) is 0.222. The van der Waals surface area contributed by atoms with Crippen molar-refractivity contribution in [1.82, 2.24) is 10.6 Å². The maximum Gasteiger partial charge on any atom is 0.252 e. The fourth-order valence-corrected chi connectivity index (χ4v) is 2.45. The molecular formula is C18H18BrFN2O3. The van der Waals surface area contributed by atoms with Gasteiger partial charge in [-0.1, -0.05) is 18.2 Å². The predicted octanol–water partition coefficient (Wildman–Crippen LogP) is 2.90. The molecule has 0 aromatic heterocycles. The van der Waals surface area contributed by atoms with Crippen LogP contribution in [0.5, 0.6) is 5.75 Å². The molecule has 0 unspecified atom stereocenters. The smallest absolute Gasteiger partial charge is 0.252 e. The molecule has 0 aliphatic heterocycles. The molecule has 2 amide bonds. The van der Waals surface area contributed by atoms with E-state index in [9.17, 15) is 14.0 Å². The average molecular weight is 409 g/mol. The first-order chi connectivity index (χ1) is 12.1. The number of carbonyl (C=O) groups is 2. The van der Waals surface area contributed by atoms with E-state index in [-0.39, 0.29) is 24.4 Å². The summed E-state index contributed by atoms with van der Waals surface area (Å²) in [6, 6.07) is 13.2. The van der Waals surface area contributed by atoms with Crippen LogP contribution in [0, 0.1) is 5.82 Å². The monoisotopic (exact) mass is 408 g/mol. The fourth-order valence-electron chi connectivity index (χ4n) is 2.02. The van der Waals surface area contributed by atoms with Crippen LogP contribution in [0.15, 0.2) is 53.0 Å². The molecule has 0 aliphatic carbocycles. The van der Waals surface area contributed by atoms with E-state index >= 15 is 0 Å². The van der Waals surface area contributed by atoms with Crippen LogP contribution in [0.2, 0.25) is 0 Å². The number of nitrogens with one attached hydrogen (secondary N) is 2. The molecule has 0 bridgehead atoms. The lowest BCUT2D eigenvalue weighted by Gasteiger charge is -2.09. The van der Waals surface area contributed by atoms with Crippen molar-refractivity contribution in [1.29, 1.82) is 0 Å². The molecular weight excluding hydrogens is 391 g/mol. The highest BCUT2D eigenvalue weighted by Crippen LogP contribution is 2.17. The van der Waals surface area contributed by atoms with Crippen molar-refractivity contribution < 1.29 is 18.7 Å². The molecule has 2 rings (SSSR count). The van der Waals surface area contributed by atoms with E-state index in [1.54, 1.807) is 0 Å². The van der Waals surface area contributed by atoms with E-state index in [4.69, 9.17) is 4.74 Å². The van der Waals surface area contributed by atoms with Crippen LogP contribution in [0.1, 0.15) is 16.8 Å². The molecule has 0 heterocycles. The zero-order valence-electron chi connectivity index (χ0n) is 13.4. The van der Waals surface area contributed by atoms with E-state index < -0.39 is 11.7 Å². The van der Waals surface area contributed by atoms with Crippen LogP contribution < -0.4 is 15.4 Å². The second-order valence-corrected chi connectivity index (χ2v) is 6.00. The molecule has 2 aromatic carbocycles. The number of hydrogen-bond donors (Lipinski definition) is 2. The quantitative estimate of drug-likeness (QED) is 0.659. The molecule has 0 aliphatic rings. The van der Waals surface area contributed by atoms with Gasteiger partial charge in [-0.05, 0) is 46.3 Å². The van der Waals surface area contributed by atoms with Crippen LogP contribution in [0.4, 0.5) is 4.39 Å². The Balaban J connectivity index is 1.63. The second kappa shape index (κ2) is 9.78. The highest BCUT2D eigenvalue weighted by molar-refractivity contribution is 9.10. The maximum atomic E-state index is 13.2. The van der Waals surface area contributed by atoms with Crippen molar-refractivity contribution in [2.75, 3.05) is 19.7 Å². The van der Waals surface area contributed by atoms with Gasteiger partial charge in [0.1, 0.15) is 18.2 Å². The van der Waals surface area contributed by atoms with Crippen LogP contribution in [-0.2, 0) is 4.79 Å². The van der Waals surface area contributed by atoms with Gasteiger partial charge in [-0.2, -0.15) is 0 Å². The Kier molecular flexibility index (Phi) is 7.40. The molecule has 0 radical (unpaired) electrons. The van der Waals surface area contributed by atoms with Gasteiger partial charge in [-0.3, -0.25) is 9.59 Å². The zero-order valence-corrected chi connectivity index (χ0v) is 15.0. The molecule has 2 aromatic rings. The second-order valence-electron chi connectivity index (χ2n) is 5.14. The van der Waals surface area contributed by atoms with Gasteiger partial charge in [-0.25, -0.2) is 4.39 Å². The summed E-state index contributed by atoms with van der Waals surface area (Å²) in [5, 5.41) is 5.29. The van der Waals surface area contributed by atoms with Gasteiger partial charge in [0.05, 0.1) is 12.1 Å². The van der Waals surface area contributed by atoms with E-state index in [1.807, 2.05) is 30.3 Å². The zero-order chi connectivity index (χ0) is 18.1. The molecule has 2 N–H and O–H groups in total. The molecule has 0 atom stereocenters. The Bertz CT molecular complexity index is 726. The van der Waals surface area contributed by atoms with Crippen molar-refractivity contribution in [2.24, 2.45) is 0 Å². The SMILES string of the molecule is O=C(CCNC(=O)c1cc(F)ccc1Br)NCCOc1ccccc1. The molecule has 0 saturated heterocycles. The van der Waals surface area contributed by atoms with Gasteiger partial charge in [0.2, 0.25) is 5.91 Å². The lowest BCUT2D eigenvalue weighted by molar-refractivity contribution is -0.121. The molecule has 0 spiro atoms. The molecule has 0 fully saturated rings. The number of rotatable bonds is 8. The predicted molar refractivity (Wildman–Crippen MR) is 96.0 cm³/mol. The van der Waals surface area contributed by atoms with E-state index in [0.717, 1.165) is 11.8 Å². The third-order valence-corrected chi connectivity index (χ3v) is 3.94. The van der Waals surface area contributed by atoms with Crippen molar-refractivity contribution in [3.63, 3.8) is 0 Å². The Labute approximate surface area is 153 Å². The summed E-state index contributed by atoms with van der Waals surface area (Å²) in [7, 11) is 0. The van der Waals surface area contributed by atoms with E-state index in [0.29, 0.717) is 17.6 Å². The molecule has 7 heteroatoms. The van der Waals surface area contributed by atoms with Gasteiger partial charge < -0.3 is 15.4 Å². The van der Waals surface area contributed by atoms with E-state index in [2.05, 4.69) is 26.6 Å². The Morgan fingerprint density at radius 1 is 1.04 bits per heavy atom. The number of amides is 2. The minimum Gasteiger partial charge on any atom is -0.492 e. The first kappa shape index (κ1) is 18.9. The Morgan fingerprint density at radius 3 is 2.56 bits per heavy atom. The summed E-state index contributed by atoms with van der Waals surface area (Å²) < 4.78 is 19.1. The number of benzene rings is 2. The number of ether oxygens (including phenoxy) is 1. The number of carbonyl (C=O) groups excluding carboxylic acids is 2. The molecule has 132 valence electrons. The molecule has 25 heavy (non-hydrogen) atoms. The standard InChI is InChI=1S/C18H18BrFN2O3/c19-16-7-6-13(20)12-15(16)18(24)22-9-8-17(23)21-10-11-25-14-4-2-1-3-5-14/h1-7,12H,8-11H2,(H,21,23)(H,22,24). The van der Waals surface area contributed by atoms with E-state index in [1.165, 1.54) is 12.1 Å². The summed E-state index contributed by atoms with van der Waals surface area (Å²) in [6.07, 6.45) is 0.129. The van der Waals surface area contributed by atoms with Gasteiger partial charge in [0, 0.05) is 17.4 Å². The largest absolute Gasteiger partial charge is 0.492 e. The van der Waals surface area contributed by atoms with Crippen molar-refractivity contribution in [3.8, 4) is 5.75 Å². The van der Waals surface area contributed by atoms with Crippen molar-refractivity contribution in [2.45, 2.75) is 6.42 Å². The summed E-state index contributed by atoms with van der Waals surface area (Å²) in [6.45, 7) is 0.892. The third kappa shape index (κ3) is 6.54. The van der Waals surface area contributed by atoms with Crippen LogP contribution in [-0.4, -0.2) is 31.5 Å². The van der Waals surface area contributed by atoms with Crippen molar-refractivity contribution >= 4 is 27.7 Å². The molecule has 0 saturated carbocycles. The van der Waals surface area contributed by atoms with Crippen LogP contribution in [0.25, 0.3) is 0 Å². The minimum absolute atomic E-state index is 0.129. The Hall–Kier alpha value is -2.41. The summed E-state index contributed by atoms with van der Waals surface area (Å²) in [5.41, 5.74) is 0.191. The highest BCUT2D eigenvalue weighted by atomic mass is 79.9. The number of hydrogen-bond acceptors (Lipinski definition) is 3. The van der Waals surface area contributed by atoms with Gasteiger partial charge in [0.15, 0.2) is 0 Å². The normalized spacial score (nSPS) is 10.2. The highest BCUT2D eigenvalue weighted by Gasteiger charge is 2.11. The minimum atomic E-state index is -0.496. The summed E-state index contributed by atoms with van der Waals surface area (Å²) >= 11 is 3.19. The lowest BCUT2D eigenvalue weighted by atomic mass is 10.2. The lowest BCUT2D eigenvalue weighted by Crippen LogP contribution is -2.32. The summed E-state index contributed by atoms with van der Waals surface area (Å²) in [4.78, 5) is 23.7. The summed E-state index contributed by atoms with van der Waals surface area (Å²) in [5.74, 6) is -0.393. The van der Waals surface area contributed by atoms with Crippen LogP contribution in [0.3, 0.4) is 0 Å².